The van der Waals surface area contributed by atoms with Gasteiger partial charge in [-0.2, -0.15) is 0 Å². The average molecular weight is 376 g/mol. The number of halogens is 1. The van der Waals surface area contributed by atoms with E-state index in [1.54, 1.807) is 18.0 Å². The Bertz CT molecular complexity index is 829. The molecule has 0 N–H and O–H groups in total. The van der Waals surface area contributed by atoms with Gasteiger partial charge >= 0.3 is 0 Å². The van der Waals surface area contributed by atoms with Crippen LogP contribution in [-0.2, 0) is 17.0 Å². The number of aromatic nitrogens is 3. The summed E-state index contributed by atoms with van der Waals surface area (Å²) in [5.41, 5.74) is 1.16. The summed E-state index contributed by atoms with van der Waals surface area (Å²) in [6, 6.07) is 11.6. The monoisotopic (exact) mass is 375 g/mol. The molecular weight excluding hydrogens is 358 g/mol. The maximum absolute atomic E-state index is 6.07. The normalized spacial score (nSPS) is 17.2. The van der Waals surface area contributed by atoms with E-state index in [9.17, 15) is 0 Å². The summed E-state index contributed by atoms with van der Waals surface area (Å²) < 4.78 is 13.4. The Labute approximate surface area is 155 Å². The number of rotatable bonds is 6. The van der Waals surface area contributed by atoms with Crippen molar-refractivity contribution in [1.29, 1.82) is 0 Å². The SMILES string of the molecule is Clc1cccc(CSc2nnc(-c3ccco3)n2C[C@@H]2CCCO2)c1. The summed E-state index contributed by atoms with van der Waals surface area (Å²) in [6.07, 6.45) is 4.02. The molecule has 0 radical (unpaired) electrons. The molecule has 130 valence electrons. The first-order valence-electron chi connectivity index (χ1n) is 8.25. The smallest absolute Gasteiger partial charge is 0.200 e. The van der Waals surface area contributed by atoms with Gasteiger partial charge in [-0.3, -0.25) is 4.57 Å². The molecule has 3 heterocycles. The van der Waals surface area contributed by atoms with Crippen LogP contribution in [0.2, 0.25) is 5.02 Å². The average Bonchev–Trinajstić information content (AvgIpc) is 3.36. The van der Waals surface area contributed by atoms with Crippen LogP contribution in [0.4, 0.5) is 0 Å². The summed E-state index contributed by atoms with van der Waals surface area (Å²) in [5.74, 6) is 2.25. The van der Waals surface area contributed by atoms with Gasteiger partial charge in [-0.25, -0.2) is 0 Å². The first-order chi connectivity index (χ1) is 12.3. The lowest BCUT2D eigenvalue weighted by atomic mass is 10.2. The Morgan fingerprint density at radius 2 is 2.20 bits per heavy atom. The second-order valence-corrected chi connectivity index (χ2v) is 7.33. The van der Waals surface area contributed by atoms with E-state index >= 15 is 0 Å². The standard InChI is InChI=1S/C18H18ClN3O2S/c19-14-5-1-4-13(10-14)12-25-18-21-20-17(16-7-3-9-24-16)22(18)11-15-6-2-8-23-15/h1,3-5,7,9-10,15H,2,6,8,11-12H2/t15-/m0/s1. The first-order valence-corrected chi connectivity index (χ1v) is 9.62. The van der Waals surface area contributed by atoms with Crippen molar-refractivity contribution >= 4 is 23.4 Å². The van der Waals surface area contributed by atoms with Crippen molar-refractivity contribution in [1.82, 2.24) is 14.8 Å². The van der Waals surface area contributed by atoms with E-state index in [1.807, 2.05) is 30.3 Å². The molecule has 1 fully saturated rings. The Balaban J connectivity index is 1.57. The molecule has 5 nitrogen and oxygen atoms in total. The lowest BCUT2D eigenvalue weighted by molar-refractivity contribution is 0.0952. The molecule has 3 aromatic rings. The van der Waals surface area contributed by atoms with Crippen LogP contribution in [0.3, 0.4) is 0 Å². The number of thioether (sulfide) groups is 1. The minimum Gasteiger partial charge on any atom is -0.461 e. The predicted molar refractivity (Wildman–Crippen MR) is 97.7 cm³/mol. The lowest BCUT2D eigenvalue weighted by Gasteiger charge is -2.14. The van der Waals surface area contributed by atoms with E-state index in [4.69, 9.17) is 20.8 Å². The summed E-state index contributed by atoms with van der Waals surface area (Å²) in [4.78, 5) is 0. The van der Waals surface area contributed by atoms with Crippen LogP contribution in [0, 0.1) is 0 Å². The van der Waals surface area contributed by atoms with Gasteiger partial charge in [0, 0.05) is 17.4 Å². The minimum atomic E-state index is 0.204. The van der Waals surface area contributed by atoms with Gasteiger partial charge in [-0.1, -0.05) is 35.5 Å². The Kier molecular flexibility index (Phi) is 5.10. The summed E-state index contributed by atoms with van der Waals surface area (Å²) in [6.45, 7) is 1.56. The van der Waals surface area contributed by atoms with Crippen LogP contribution in [0.1, 0.15) is 18.4 Å². The van der Waals surface area contributed by atoms with E-state index in [0.29, 0.717) is 0 Å². The van der Waals surface area contributed by atoms with Gasteiger partial charge in [0.15, 0.2) is 10.9 Å². The molecule has 1 atom stereocenters. The Morgan fingerprint density at radius 3 is 2.96 bits per heavy atom. The van der Waals surface area contributed by atoms with Gasteiger partial charge < -0.3 is 9.15 Å². The van der Waals surface area contributed by atoms with Crippen molar-refractivity contribution < 1.29 is 9.15 Å². The molecule has 0 amide bonds. The molecule has 2 aromatic heterocycles. The summed E-state index contributed by atoms with van der Waals surface area (Å²) >= 11 is 7.72. The van der Waals surface area contributed by atoms with Crippen molar-refractivity contribution in [3.8, 4) is 11.6 Å². The fourth-order valence-corrected chi connectivity index (χ4v) is 4.02. The number of furan rings is 1. The largest absolute Gasteiger partial charge is 0.461 e. The third kappa shape index (κ3) is 3.92. The van der Waals surface area contributed by atoms with Crippen molar-refractivity contribution in [3.05, 3.63) is 53.2 Å². The van der Waals surface area contributed by atoms with E-state index in [1.165, 1.54) is 0 Å². The molecular formula is C18H18ClN3O2S. The highest BCUT2D eigenvalue weighted by Gasteiger charge is 2.22. The highest BCUT2D eigenvalue weighted by Crippen LogP contribution is 2.29. The van der Waals surface area contributed by atoms with Crippen molar-refractivity contribution in [2.75, 3.05) is 6.61 Å². The van der Waals surface area contributed by atoms with Crippen LogP contribution in [0.25, 0.3) is 11.6 Å². The van der Waals surface area contributed by atoms with Gasteiger partial charge in [-0.15, -0.1) is 10.2 Å². The third-order valence-electron chi connectivity index (χ3n) is 4.13. The van der Waals surface area contributed by atoms with Gasteiger partial charge in [0.1, 0.15) is 0 Å². The molecule has 25 heavy (non-hydrogen) atoms. The molecule has 4 rings (SSSR count). The lowest BCUT2D eigenvalue weighted by Crippen LogP contribution is -2.16. The molecule has 0 spiro atoms. The molecule has 1 aromatic carbocycles. The number of benzene rings is 1. The van der Waals surface area contributed by atoms with Gasteiger partial charge in [0.05, 0.1) is 18.9 Å². The number of hydrogen-bond donors (Lipinski definition) is 0. The van der Waals surface area contributed by atoms with Crippen molar-refractivity contribution in [3.63, 3.8) is 0 Å². The minimum absolute atomic E-state index is 0.204. The maximum Gasteiger partial charge on any atom is 0.200 e. The van der Waals surface area contributed by atoms with Crippen LogP contribution in [0.5, 0.6) is 0 Å². The fourth-order valence-electron chi connectivity index (χ4n) is 2.91. The van der Waals surface area contributed by atoms with E-state index in [2.05, 4.69) is 20.8 Å². The highest BCUT2D eigenvalue weighted by molar-refractivity contribution is 7.98. The second kappa shape index (κ2) is 7.64. The summed E-state index contributed by atoms with van der Waals surface area (Å²) in [5, 5.41) is 10.3. The molecule has 1 saturated heterocycles. The van der Waals surface area contributed by atoms with Gasteiger partial charge in [0.2, 0.25) is 5.82 Å². The first kappa shape index (κ1) is 16.7. The maximum atomic E-state index is 6.07. The van der Waals surface area contributed by atoms with E-state index < -0.39 is 0 Å². The quantitative estimate of drug-likeness (QED) is 0.586. The Morgan fingerprint density at radius 1 is 1.24 bits per heavy atom. The zero-order chi connectivity index (χ0) is 17.1. The molecule has 0 saturated carbocycles. The van der Waals surface area contributed by atoms with Crippen LogP contribution in [-0.4, -0.2) is 27.5 Å². The van der Waals surface area contributed by atoms with Crippen LogP contribution in [0.15, 0.2) is 52.2 Å². The van der Waals surface area contributed by atoms with Crippen LogP contribution < -0.4 is 0 Å². The highest BCUT2D eigenvalue weighted by atomic mass is 35.5. The second-order valence-electron chi connectivity index (χ2n) is 5.95. The van der Waals surface area contributed by atoms with E-state index in [0.717, 1.165) is 59.1 Å². The predicted octanol–water partition coefficient (Wildman–Crippen LogP) is 4.66. The number of ether oxygens (including phenoxy) is 1. The van der Waals surface area contributed by atoms with Crippen molar-refractivity contribution in [2.24, 2.45) is 0 Å². The zero-order valence-electron chi connectivity index (χ0n) is 13.6. The van der Waals surface area contributed by atoms with E-state index in [-0.39, 0.29) is 6.10 Å². The fraction of sp³-hybridized carbons (Fsp3) is 0.333. The van der Waals surface area contributed by atoms with Crippen molar-refractivity contribution in [2.45, 2.75) is 36.4 Å². The molecule has 0 aliphatic carbocycles. The zero-order valence-corrected chi connectivity index (χ0v) is 15.2. The van der Waals surface area contributed by atoms with Gasteiger partial charge in [0.25, 0.3) is 0 Å². The molecule has 0 unspecified atom stereocenters. The van der Waals surface area contributed by atoms with Gasteiger partial charge in [-0.05, 0) is 42.7 Å². The number of nitrogens with zero attached hydrogens (tertiary/aromatic N) is 3. The number of hydrogen-bond acceptors (Lipinski definition) is 5. The summed E-state index contributed by atoms with van der Waals surface area (Å²) in [7, 11) is 0. The topological polar surface area (TPSA) is 53.1 Å². The third-order valence-corrected chi connectivity index (χ3v) is 5.40. The molecule has 1 aliphatic heterocycles. The Hall–Kier alpha value is -1.76. The molecule has 7 heteroatoms. The molecule has 0 bridgehead atoms. The van der Waals surface area contributed by atoms with Crippen LogP contribution >= 0.6 is 23.4 Å². The molecule has 1 aliphatic rings.